The first kappa shape index (κ1) is 13.5. The zero-order valence-corrected chi connectivity index (χ0v) is 12.2. The fourth-order valence-corrected chi connectivity index (χ4v) is 3.89. The number of rotatable bonds is 3. The van der Waals surface area contributed by atoms with Gasteiger partial charge in [-0.3, -0.25) is 0 Å². The summed E-state index contributed by atoms with van der Waals surface area (Å²) in [5.74, 6) is 1.12. The van der Waals surface area contributed by atoms with Gasteiger partial charge in [0.05, 0.1) is 17.8 Å². The standard InChI is InChI=1S/C14H21NO2S/c1-4-10-6-5-7-11(8-10)13-15-9(2)12(18-13)14(16)17-3/h10-11H,4-8H2,1-3H3. The van der Waals surface area contributed by atoms with Crippen LogP contribution in [0.1, 0.15) is 65.3 Å². The van der Waals surface area contributed by atoms with Crippen molar-refractivity contribution in [1.29, 1.82) is 0 Å². The maximum atomic E-state index is 11.6. The van der Waals surface area contributed by atoms with Crippen LogP contribution in [0.4, 0.5) is 0 Å². The second-order valence-electron chi connectivity index (χ2n) is 5.10. The molecule has 4 heteroatoms. The molecule has 18 heavy (non-hydrogen) atoms. The zero-order valence-electron chi connectivity index (χ0n) is 11.4. The van der Waals surface area contributed by atoms with Crippen LogP contribution in [0.5, 0.6) is 0 Å². The van der Waals surface area contributed by atoms with Crippen LogP contribution in [-0.2, 0) is 4.74 Å². The van der Waals surface area contributed by atoms with Gasteiger partial charge in [-0.15, -0.1) is 11.3 Å². The number of carbonyl (C=O) groups is 1. The van der Waals surface area contributed by atoms with Crippen LogP contribution in [0.15, 0.2) is 0 Å². The fourth-order valence-electron chi connectivity index (χ4n) is 2.76. The van der Waals surface area contributed by atoms with Gasteiger partial charge in [-0.05, 0) is 25.7 Å². The summed E-state index contributed by atoms with van der Waals surface area (Å²) in [6.45, 7) is 4.16. The molecule has 100 valence electrons. The Hall–Kier alpha value is -0.900. The molecule has 2 rings (SSSR count). The highest BCUT2D eigenvalue weighted by Gasteiger charge is 2.26. The number of ether oxygens (including phenoxy) is 1. The van der Waals surface area contributed by atoms with Gasteiger partial charge in [-0.25, -0.2) is 9.78 Å². The molecular formula is C14H21NO2S. The van der Waals surface area contributed by atoms with Crippen molar-refractivity contribution < 1.29 is 9.53 Å². The van der Waals surface area contributed by atoms with E-state index < -0.39 is 0 Å². The number of carbonyl (C=O) groups excluding carboxylic acids is 1. The number of aromatic nitrogens is 1. The van der Waals surface area contributed by atoms with E-state index in [0.29, 0.717) is 10.8 Å². The second kappa shape index (κ2) is 5.83. The van der Waals surface area contributed by atoms with E-state index in [2.05, 4.69) is 11.9 Å². The van der Waals surface area contributed by atoms with Crippen LogP contribution in [0.25, 0.3) is 0 Å². The Morgan fingerprint density at radius 1 is 1.50 bits per heavy atom. The molecule has 1 aliphatic rings. The first-order chi connectivity index (χ1) is 8.65. The van der Waals surface area contributed by atoms with Crippen molar-refractivity contribution in [3.05, 3.63) is 15.6 Å². The SMILES string of the molecule is CCC1CCCC(c2nc(C)c(C(=O)OC)s2)C1. The molecule has 0 radical (unpaired) electrons. The van der Waals surface area contributed by atoms with E-state index in [9.17, 15) is 4.79 Å². The molecule has 0 amide bonds. The third-order valence-electron chi connectivity index (χ3n) is 3.89. The van der Waals surface area contributed by atoms with Crippen molar-refractivity contribution in [3.8, 4) is 0 Å². The summed E-state index contributed by atoms with van der Waals surface area (Å²) in [6, 6.07) is 0. The summed E-state index contributed by atoms with van der Waals surface area (Å²) in [5.41, 5.74) is 0.820. The third kappa shape index (κ3) is 2.74. The summed E-state index contributed by atoms with van der Waals surface area (Å²) in [4.78, 5) is 16.9. The predicted octanol–water partition coefficient (Wildman–Crippen LogP) is 3.92. The molecule has 0 N–H and O–H groups in total. The molecule has 1 aromatic heterocycles. The summed E-state index contributed by atoms with van der Waals surface area (Å²) in [5, 5.41) is 1.13. The molecule has 0 bridgehead atoms. The Kier molecular flexibility index (Phi) is 4.38. The smallest absolute Gasteiger partial charge is 0.349 e. The Balaban J connectivity index is 2.16. The van der Waals surface area contributed by atoms with Gasteiger partial charge in [0.15, 0.2) is 0 Å². The van der Waals surface area contributed by atoms with E-state index in [1.54, 1.807) is 0 Å². The van der Waals surface area contributed by atoms with Crippen LogP contribution in [-0.4, -0.2) is 18.1 Å². The minimum Gasteiger partial charge on any atom is -0.465 e. The average molecular weight is 267 g/mol. The quantitative estimate of drug-likeness (QED) is 0.779. The van der Waals surface area contributed by atoms with Gasteiger partial charge in [0, 0.05) is 5.92 Å². The highest BCUT2D eigenvalue weighted by Crippen LogP contribution is 2.39. The van der Waals surface area contributed by atoms with Crippen molar-refractivity contribution >= 4 is 17.3 Å². The highest BCUT2D eigenvalue weighted by molar-refractivity contribution is 7.13. The number of thiazole rings is 1. The van der Waals surface area contributed by atoms with E-state index in [4.69, 9.17) is 4.74 Å². The summed E-state index contributed by atoms with van der Waals surface area (Å²) in [6.07, 6.45) is 6.33. The van der Waals surface area contributed by atoms with Crippen molar-refractivity contribution in [2.24, 2.45) is 5.92 Å². The lowest BCUT2D eigenvalue weighted by molar-refractivity contribution is 0.0605. The van der Waals surface area contributed by atoms with E-state index in [0.717, 1.165) is 16.6 Å². The third-order valence-corrected chi connectivity index (χ3v) is 5.19. The Morgan fingerprint density at radius 2 is 2.28 bits per heavy atom. The lowest BCUT2D eigenvalue weighted by atomic mass is 9.80. The van der Waals surface area contributed by atoms with Gasteiger partial charge >= 0.3 is 5.97 Å². The van der Waals surface area contributed by atoms with Gasteiger partial charge in [0.1, 0.15) is 4.88 Å². The van der Waals surface area contributed by atoms with E-state index in [-0.39, 0.29) is 5.97 Å². The summed E-state index contributed by atoms with van der Waals surface area (Å²) < 4.78 is 4.79. The molecule has 1 aromatic rings. The molecule has 0 saturated heterocycles. The Labute approximate surface area is 113 Å². The van der Waals surface area contributed by atoms with Gasteiger partial charge in [-0.1, -0.05) is 26.2 Å². The van der Waals surface area contributed by atoms with E-state index in [1.807, 2.05) is 6.92 Å². The molecule has 1 saturated carbocycles. The number of hydrogen-bond donors (Lipinski definition) is 0. The Bertz CT molecular complexity index is 427. The summed E-state index contributed by atoms with van der Waals surface area (Å²) >= 11 is 1.53. The molecule has 0 spiro atoms. The maximum absolute atomic E-state index is 11.6. The van der Waals surface area contributed by atoms with Gasteiger partial charge in [0.25, 0.3) is 0 Å². The topological polar surface area (TPSA) is 39.2 Å². The average Bonchev–Trinajstić information content (AvgIpc) is 2.80. The molecule has 2 atom stereocenters. The molecular weight excluding hydrogens is 246 g/mol. The largest absolute Gasteiger partial charge is 0.465 e. The van der Waals surface area contributed by atoms with Gasteiger partial charge in [-0.2, -0.15) is 0 Å². The van der Waals surface area contributed by atoms with Crippen molar-refractivity contribution in [3.63, 3.8) is 0 Å². The number of esters is 1. The molecule has 0 aliphatic heterocycles. The predicted molar refractivity (Wildman–Crippen MR) is 73.2 cm³/mol. The molecule has 2 unspecified atom stereocenters. The van der Waals surface area contributed by atoms with Crippen LogP contribution < -0.4 is 0 Å². The first-order valence-electron chi connectivity index (χ1n) is 6.71. The zero-order chi connectivity index (χ0) is 13.1. The molecule has 1 aliphatic carbocycles. The normalized spacial score (nSPS) is 23.9. The van der Waals surface area contributed by atoms with Crippen LogP contribution in [0, 0.1) is 12.8 Å². The minimum atomic E-state index is -0.251. The first-order valence-corrected chi connectivity index (χ1v) is 7.53. The minimum absolute atomic E-state index is 0.251. The number of nitrogens with zero attached hydrogens (tertiary/aromatic N) is 1. The molecule has 1 heterocycles. The molecule has 3 nitrogen and oxygen atoms in total. The van der Waals surface area contributed by atoms with Crippen LogP contribution >= 0.6 is 11.3 Å². The number of hydrogen-bond acceptors (Lipinski definition) is 4. The highest BCUT2D eigenvalue weighted by atomic mass is 32.1. The van der Waals surface area contributed by atoms with E-state index >= 15 is 0 Å². The van der Waals surface area contributed by atoms with Crippen molar-refractivity contribution in [2.75, 3.05) is 7.11 Å². The Morgan fingerprint density at radius 3 is 2.94 bits per heavy atom. The molecule has 1 fully saturated rings. The van der Waals surface area contributed by atoms with Gasteiger partial charge < -0.3 is 4.74 Å². The van der Waals surface area contributed by atoms with E-state index in [1.165, 1.54) is 50.6 Å². The second-order valence-corrected chi connectivity index (χ2v) is 6.13. The number of methoxy groups -OCH3 is 1. The lowest BCUT2D eigenvalue weighted by Crippen LogP contribution is -2.13. The lowest BCUT2D eigenvalue weighted by Gasteiger charge is -2.26. The monoisotopic (exact) mass is 267 g/mol. The van der Waals surface area contributed by atoms with Gasteiger partial charge in [0.2, 0.25) is 0 Å². The number of aryl methyl sites for hydroxylation is 1. The van der Waals surface area contributed by atoms with Crippen molar-refractivity contribution in [2.45, 2.75) is 51.9 Å². The molecule has 0 aromatic carbocycles. The fraction of sp³-hybridized carbons (Fsp3) is 0.714. The maximum Gasteiger partial charge on any atom is 0.349 e. The van der Waals surface area contributed by atoms with Crippen LogP contribution in [0.2, 0.25) is 0 Å². The van der Waals surface area contributed by atoms with Crippen LogP contribution in [0.3, 0.4) is 0 Å². The van der Waals surface area contributed by atoms with Crippen molar-refractivity contribution in [1.82, 2.24) is 4.98 Å². The summed E-state index contributed by atoms with van der Waals surface area (Å²) in [7, 11) is 1.43.